The minimum absolute atomic E-state index is 0.733. The van der Waals surface area contributed by atoms with E-state index >= 15 is 0 Å². The van der Waals surface area contributed by atoms with Crippen LogP contribution in [0.4, 0.5) is 0 Å². The summed E-state index contributed by atoms with van der Waals surface area (Å²) in [6, 6.07) is 23.2. The third-order valence-electron chi connectivity index (χ3n) is 6.84. The normalized spacial score (nSPS) is 11.5. The van der Waals surface area contributed by atoms with Crippen molar-refractivity contribution in [1.29, 1.82) is 0 Å². The molecule has 0 spiro atoms. The lowest BCUT2D eigenvalue weighted by Crippen LogP contribution is -2.12. The van der Waals surface area contributed by atoms with Gasteiger partial charge in [0.25, 0.3) is 0 Å². The van der Waals surface area contributed by atoms with E-state index in [1.807, 2.05) is 30.9 Å². The first kappa shape index (κ1) is 23.5. The SMILES string of the molecule is Cc1ccc(-c2ccnc3[nH]c(-c4n[nH]c5ncc(-c6cncc(CNCc7ccccc7)c6)cc45)cc23)s1. The largest absolute Gasteiger partial charge is 0.338 e. The summed E-state index contributed by atoms with van der Waals surface area (Å²) in [5.74, 6) is 0. The van der Waals surface area contributed by atoms with E-state index in [9.17, 15) is 0 Å². The van der Waals surface area contributed by atoms with Gasteiger partial charge in [-0.25, -0.2) is 9.97 Å². The quantitative estimate of drug-likeness (QED) is 0.210. The smallest absolute Gasteiger partial charge is 0.155 e. The Labute approximate surface area is 229 Å². The summed E-state index contributed by atoms with van der Waals surface area (Å²) in [6.45, 7) is 3.67. The first-order chi connectivity index (χ1) is 19.2. The summed E-state index contributed by atoms with van der Waals surface area (Å²) in [6.07, 6.45) is 7.50. The third-order valence-corrected chi connectivity index (χ3v) is 7.87. The molecular weight excluding hydrogens is 502 g/mol. The standard InChI is InChI=1S/C31H25N7S/c1-19-7-8-28(39-19)24-9-10-34-30-25(24)13-27(36-30)29-26-12-23(18-35-31(26)38-37-29)22-11-21(16-33-17-22)15-32-14-20-5-3-2-4-6-20/h2-13,16-18,32H,14-15H2,1H3,(H,34,36)(H,35,37,38). The van der Waals surface area contributed by atoms with Crippen molar-refractivity contribution in [2.75, 3.05) is 0 Å². The van der Waals surface area contributed by atoms with Crippen molar-refractivity contribution in [2.24, 2.45) is 0 Å². The number of thiophene rings is 1. The third kappa shape index (κ3) is 4.60. The van der Waals surface area contributed by atoms with Gasteiger partial charge in [-0.15, -0.1) is 11.3 Å². The van der Waals surface area contributed by atoms with Crippen LogP contribution in [0.1, 0.15) is 16.0 Å². The van der Waals surface area contributed by atoms with Crippen LogP contribution in [0.5, 0.6) is 0 Å². The Morgan fingerprint density at radius 1 is 0.795 bits per heavy atom. The van der Waals surface area contributed by atoms with E-state index < -0.39 is 0 Å². The average molecular weight is 528 g/mol. The second kappa shape index (κ2) is 9.90. The molecule has 7 rings (SSSR count). The van der Waals surface area contributed by atoms with E-state index in [0.29, 0.717) is 0 Å². The van der Waals surface area contributed by atoms with Crippen molar-refractivity contribution >= 4 is 33.4 Å². The van der Waals surface area contributed by atoms with Crippen LogP contribution in [-0.2, 0) is 13.1 Å². The number of hydrogen-bond donors (Lipinski definition) is 3. The molecule has 39 heavy (non-hydrogen) atoms. The van der Waals surface area contributed by atoms with Crippen LogP contribution in [0.25, 0.3) is 55.0 Å². The predicted molar refractivity (Wildman–Crippen MR) is 157 cm³/mol. The number of hydrogen-bond acceptors (Lipinski definition) is 6. The molecule has 0 fully saturated rings. The number of H-pyrrole nitrogens is 2. The maximum Gasteiger partial charge on any atom is 0.155 e. The first-order valence-corrected chi connectivity index (χ1v) is 13.6. The molecule has 0 amide bonds. The van der Waals surface area contributed by atoms with Crippen LogP contribution < -0.4 is 5.32 Å². The van der Waals surface area contributed by atoms with E-state index in [2.05, 4.69) is 103 Å². The highest BCUT2D eigenvalue weighted by molar-refractivity contribution is 7.15. The highest BCUT2D eigenvalue weighted by Gasteiger charge is 2.16. The molecule has 6 heterocycles. The zero-order valence-corrected chi connectivity index (χ0v) is 22.1. The minimum atomic E-state index is 0.733. The van der Waals surface area contributed by atoms with E-state index in [0.717, 1.165) is 63.2 Å². The van der Waals surface area contributed by atoms with Crippen LogP contribution in [0.15, 0.2) is 91.5 Å². The lowest BCUT2D eigenvalue weighted by atomic mass is 10.1. The van der Waals surface area contributed by atoms with Gasteiger partial charge in [0.15, 0.2) is 5.65 Å². The van der Waals surface area contributed by atoms with Gasteiger partial charge in [-0.2, -0.15) is 5.10 Å². The van der Waals surface area contributed by atoms with Gasteiger partial charge in [-0.1, -0.05) is 30.3 Å². The predicted octanol–water partition coefficient (Wildman–Crippen LogP) is 6.89. The van der Waals surface area contributed by atoms with Crippen LogP contribution in [0.2, 0.25) is 0 Å². The molecule has 190 valence electrons. The Morgan fingerprint density at radius 2 is 1.67 bits per heavy atom. The lowest BCUT2D eigenvalue weighted by Gasteiger charge is -2.07. The van der Waals surface area contributed by atoms with Gasteiger partial charge in [0.05, 0.1) is 5.69 Å². The maximum absolute atomic E-state index is 4.67. The zero-order chi connectivity index (χ0) is 26.2. The summed E-state index contributed by atoms with van der Waals surface area (Å²) < 4.78 is 0. The molecule has 0 atom stereocenters. The van der Waals surface area contributed by atoms with Gasteiger partial charge in [0.1, 0.15) is 11.3 Å². The zero-order valence-electron chi connectivity index (χ0n) is 21.3. The van der Waals surface area contributed by atoms with Crippen molar-refractivity contribution in [1.82, 2.24) is 35.5 Å². The van der Waals surface area contributed by atoms with E-state index in [1.54, 1.807) is 11.3 Å². The fourth-order valence-corrected chi connectivity index (χ4v) is 5.81. The van der Waals surface area contributed by atoms with Gasteiger partial charge in [0.2, 0.25) is 0 Å². The summed E-state index contributed by atoms with van der Waals surface area (Å²) in [4.78, 5) is 19.7. The summed E-state index contributed by atoms with van der Waals surface area (Å²) in [5, 5.41) is 13.2. The maximum atomic E-state index is 4.67. The number of nitrogens with one attached hydrogen (secondary N) is 3. The number of benzene rings is 1. The van der Waals surface area contributed by atoms with Crippen molar-refractivity contribution in [2.45, 2.75) is 20.0 Å². The monoisotopic (exact) mass is 527 g/mol. The topological polar surface area (TPSA) is 95.2 Å². The molecule has 0 aliphatic heterocycles. The highest BCUT2D eigenvalue weighted by Crippen LogP contribution is 2.36. The molecule has 0 radical (unpaired) electrons. The number of pyridine rings is 3. The van der Waals surface area contributed by atoms with Crippen molar-refractivity contribution < 1.29 is 0 Å². The Bertz CT molecular complexity index is 1920. The number of fused-ring (bicyclic) bond motifs is 2. The molecule has 0 bridgehead atoms. The van der Waals surface area contributed by atoms with Gasteiger partial charge in [-0.3, -0.25) is 10.1 Å². The summed E-state index contributed by atoms with van der Waals surface area (Å²) >= 11 is 1.79. The van der Waals surface area contributed by atoms with Crippen LogP contribution in [0.3, 0.4) is 0 Å². The van der Waals surface area contributed by atoms with Gasteiger partial charge in [0, 0.05) is 75.1 Å². The lowest BCUT2D eigenvalue weighted by molar-refractivity contribution is 0.691. The second-order valence-corrected chi connectivity index (χ2v) is 10.9. The van der Waals surface area contributed by atoms with Crippen molar-refractivity contribution in [3.8, 4) is 33.0 Å². The Hall–Kier alpha value is -4.66. The number of aromatic amines is 2. The molecule has 7 aromatic rings. The van der Waals surface area contributed by atoms with E-state index in [-0.39, 0.29) is 0 Å². The fraction of sp³-hybridized carbons (Fsp3) is 0.0968. The summed E-state index contributed by atoms with van der Waals surface area (Å²) in [7, 11) is 0. The first-order valence-electron chi connectivity index (χ1n) is 12.8. The fourth-order valence-electron chi connectivity index (χ4n) is 4.90. The van der Waals surface area contributed by atoms with Gasteiger partial charge >= 0.3 is 0 Å². The van der Waals surface area contributed by atoms with Crippen LogP contribution in [0, 0.1) is 6.92 Å². The molecule has 0 unspecified atom stereocenters. The number of aromatic nitrogens is 6. The molecule has 0 saturated heterocycles. The highest BCUT2D eigenvalue weighted by atomic mass is 32.1. The van der Waals surface area contributed by atoms with Crippen LogP contribution >= 0.6 is 11.3 Å². The second-order valence-electron chi connectivity index (χ2n) is 9.58. The number of rotatable bonds is 7. The van der Waals surface area contributed by atoms with E-state index in [1.165, 1.54) is 20.9 Å². The van der Waals surface area contributed by atoms with Crippen molar-refractivity contribution in [3.63, 3.8) is 0 Å². The molecule has 6 aromatic heterocycles. The minimum Gasteiger partial charge on any atom is -0.338 e. The molecule has 8 heteroatoms. The molecule has 7 nitrogen and oxygen atoms in total. The Morgan fingerprint density at radius 3 is 2.54 bits per heavy atom. The molecule has 0 aliphatic rings. The van der Waals surface area contributed by atoms with Gasteiger partial charge in [-0.05, 0) is 54.4 Å². The molecular formula is C31H25N7S. The van der Waals surface area contributed by atoms with Crippen LogP contribution in [-0.4, -0.2) is 30.1 Å². The average Bonchev–Trinajstić information content (AvgIpc) is 3.71. The van der Waals surface area contributed by atoms with E-state index in [4.69, 9.17) is 0 Å². The number of aryl methyl sites for hydroxylation is 1. The Balaban J connectivity index is 1.20. The van der Waals surface area contributed by atoms with Crippen molar-refractivity contribution in [3.05, 3.63) is 108 Å². The summed E-state index contributed by atoms with van der Waals surface area (Å²) in [5.41, 5.74) is 8.86. The molecule has 3 N–H and O–H groups in total. The molecule has 0 aliphatic carbocycles. The molecule has 1 aromatic carbocycles. The molecule has 0 saturated carbocycles. The van der Waals surface area contributed by atoms with Gasteiger partial charge < -0.3 is 10.3 Å². The number of nitrogens with zero attached hydrogens (tertiary/aromatic N) is 4. The Kier molecular flexibility index (Phi) is 5.96.